The summed E-state index contributed by atoms with van der Waals surface area (Å²) in [5.41, 5.74) is 2.84. The lowest BCUT2D eigenvalue weighted by molar-refractivity contribution is 0.476. The van der Waals surface area contributed by atoms with Crippen LogP contribution in [0.2, 0.25) is 0 Å². The second-order valence-corrected chi connectivity index (χ2v) is 7.16. The van der Waals surface area contributed by atoms with Crippen LogP contribution in [0.1, 0.15) is 18.9 Å². The number of phenols is 1. The third-order valence-electron chi connectivity index (χ3n) is 3.76. The van der Waals surface area contributed by atoms with E-state index in [0.29, 0.717) is 6.04 Å². The zero-order chi connectivity index (χ0) is 14.6. The van der Waals surface area contributed by atoms with E-state index in [1.807, 2.05) is 24.3 Å². The lowest BCUT2D eigenvalue weighted by Crippen LogP contribution is -1.97. The van der Waals surface area contributed by atoms with Crippen LogP contribution in [0, 0.1) is 0 Å². The fourth-order valence-electron chi connectivity index (χ4n) is 2.65. The molecule has 1 aromatic heterocycles. The smallest absolute Gasteiger partial charge is 0.145 e. The van der Waals surface area contributed by atoms with Crippen molar-refractivity contribution in [2.45, 2.75) is 18.9 Å². The highest BCUT2D eigenvalue weighted by molar-refractivity contribution is 9.10. The average Bonchev–Trinajstić information content (AvgIpc) is 3.22. The Hall–Kier alpha value is -1.33. The van der Waals surface area contributed by atoms with Gasteiger partial charge in [0.1, 0.15) is 11.6 Å². The molecule has 0 aliphatic heterocycles. The normalized spacial score (nSPS) is 14.8. The van der Waals surface area contributed by atoms with Gasteiger partial charge in [-0.25, -0.2) is 4.98 Å². The number of nitrogens with zero attached hydrogens (tertiary/aromatic N) is 2. The van der Waals surface area contributed by atoms with Crippen LogP contribution in [0.25, 0.3) is 22.4 Å². The molecule has 1 heterocycles. The summed E-state index contributed by atoms with van der Waals surface area (Å²) in [6, 6.07) is 12.1. The number of hydrogen-bond acceptors (Lipinski definition) is 2. The molecule has 2 aromatic carbocycles. The highest BCUT2D eigenvalue weighted by Crippen LogP contribution is 2.43. The monoisotopic (exact) mass is 406 g/mol. The molecule has 0 radical (unpaired) electrons. The summed E-state index contributed by atoms with van der Waals surface area (Å²) in [4.78, 5) is 4.76. The predicted octanol–water partition coefficient (Wildman–Crippen LogP) is 5.27. The van der Waals surface area contributed by atoms with Crippen molar-refractivity contribution in [2.24, 2.45) is 0 Å². The first-order valence-corrected chi connectivity index (χ1v) is 8.38. The van der Waals surface area contributed by atoms with Crippen LogP contribution < -0.4 is 0 Å². The minimum absolute atomic E-state index is 0.259. The van der Waals surface area contributed by atoms with Crippen LogP contribution in [-0.2, 0) is 0 Å². The highest BCUT2D eigenvalue weighted by atomic mass is 79.9. The lowest BCUT2D eigenvalue weighted by Gasteiger charge is -2.09. The summed E-state index contributed by atoms with van der Waals surface area (Å²) >= 11 is 6.97. The van der Waals surface area contributed by atoms with E-state index in [9.17, 15) is 5.11 Å². The largest absolute Gasteiger partial charge is 0.507 e. The van der Waals surface area contributed by atoms with Crippen LogP contribution in [-0.4, -0.2) is 14.7 Å². The van der Waals surface area contributed by atoms with Crippen molar-refractivity contribution in [3.63, 3.8) is 0 Å². The van der Waals surface area contributed by atoms with Crippen molar-refractivity contribution < 1.29 is 5.11 Å². The van der Waals surface area contributed by atoms with Crippen LogP contribution in [0.5, 0.6) is 5.75 Å². The van der Waals surface area contributed by atoms with Crippen LogP contribution in [0.3, 0.4) is 0 Å². The van der Waals surface area contributed by atoms with Gasteiger partial charge in [-0.2, -0.15) is 0 Å². The molecule has 5 heteroatoms. The van der Waals surface area contributed by atoms with Crippen molar-refractivity contribution in [2.75, 3.05) is 0 Å². The second kappa shape index (κ2) is 4.85. The molecule has 1 fully saturated rings. The Morgan fingerprint density at radius 3 is 2.52 bits per heavy atom. The molecule has 1 aliphatic rings. The number of halogens is 2. The highest BCUT2D eigenvalue weighted by Gasteiger charge is 2.29. The molecule has 0 saturated heterocycles. The van der Waals surface area contributed by atoms with Gasteiger partial charge in [0.15, 0.2) is 0 Å². The molecule has 3 nitrogen and oxygen atoms in total. The maximum atomic E-state index is 10.2. The van der Waals surface area contributed by atoms with Gasteiger partial charge in [0.2, 0.25) is 0 Å². The van der Waals surface area contributed by atoms with E-state index in [4.69, 9.17) is 4.98 Å². The molecule has 1 N–H and O–H groups in total. The van der Waals surface area contributed by atoms with Gasteiger partial charge in [-0.15, -0.1) is 0 Å². The summed E-state index contributed by atoms with van der Waals surface area (Å²) in [5, 5.41) is 10.2. The molecular weight excluding hydrogens is 396 g/mol. The van der Waals surface area contributed by atoms with Gasteiger partial charge < -0.3 is 9.67 Å². The Morgan fingerprint density at radius 2 is 1.76 bits per heavy atom. The van der Waals surface area contributed by atoms with Crippen molar-refractivity contribution in [1.82, 2.24) is 9.55 Å². The van der Waals surface area contributed by atoms with Gasteiger partial charge in [0, 0.05) is 15.0 Å². The lowest BCUT2D eigenvalue weighted by atomic mass is 10.2. The average molecular weight is 408 g/mol. The number of imidazole rings is 1. The molecule has 0 atom stereocenters. The summed E-state index contributed by atoms with van der Waals surface area (Å²) in [5.74, 6) is 1.10. The molecule has 4 rings (SSSR count). The molecule has 21 heavy (non-hydrogen) atoms. The summed E-state index contributed by atoms with van der Waals surface area (Å²) in [6.45, 7) is 0. The number of fused-ring (bicyclic) bond motifs is 1. The fourth-order valence-corrected chi connectivity index (χ4v) is 3.36. The molecule has 106 valence electrons. The first-order valence-electron chi connectivity index (χ1n) is 6.80. The van der Waals surface area contributed by atoms with Gasteiger partial charge >= 0.3 is 0 Å². The van der Waals surface area contributed by atoms with Crippen molar-refractivity contribution in [1.29, 1.82) is 0 Å². The van der Waals surface area contributed by atoms with Gasteiger partial charge in [0.05, 0.1) is 16.6 Å². The fraction of sp³-hybridized carbons (Fsp3) is 0.188. The number of rotatable bonds is 2. The van der Waals surface area contributed by atoms with E-state index in [0.717, 1.165) is 31.4 Å². The molecule has 1 saturated carbocycles. The molecular formula is C16H12Br2N2O. The summed E-state index contributed by atoms with van der Waals surface area (Å²) < 4.78 is 4.20. The van der Waals surface area contributed by atoms with Gasteiger partial charge in [-0.3, -0.25) is 0 Å². The maximum absolute atomic E-state index is 10.2. The number of benzene rings is 2. The first-order chi connectivity index (χ1) is 10.1. The molecule has 0 spiro atoms. The number of phenolic OH excluding ortho intramolecular Hbond substituents is 1. The molecule has 1 aliphatic carbocycles. The summed E-state index contributed by atoms with van der Waals surface area (Å²) in [7, 11) is 0. The van der Waals surface area contributed by atoms with Gasteiger partial charge in [0.25, 0.3) is 0 Å². The standard InChI is InChI=1S/C16H12Br2N2O/c17-9-2-6-15(21)12(7-9)16-19-13-8-10(18)1-5-14(13)20(16)11-3-4-11/h1-2,5-8,11,21H,3-4H2. The number of hydrogen-bond donors (Lipinski definition) is 1. The Bertz CT molecular complexity index is 853. The van der Waals surface area contributed by atoms with Crippen LogP contribution in [0.15, 0.2) is 45.3 Å². The molecule has 0 amide bonds. The quantitative estimate of drug-likeness (QED) is 0.628. The Balaban J connectivity index is 2.03. The second-order valence-electron chi connectivity index (χ2n) is 5.33. The maximum Gasteiger partial charge on any atom is 0.145 e. The first kappa shape index (κ1) is 13.3. The van der Waals surface area contributed by atoms with Crippen molar-refractivity contribution in [3.8, 4) is 17.1 Å². The Morgan fingerprint density at radius 1 is 1.05 bits per heavy atom. The zero-order valence-electron chi connectivity index (χ0n) is 11.1. The van der Waals surface area contributed by atoms with Gasteiger partial charge in [-0.1, -0.05) is 31.9 Å². The molecule has 3 aromatic rings. The minimum Gasteiger partial charge on any atom is -0.507 e. The van der Waals surface area contributed by atoms with E-state index in [2.05, 4.69) is 42.5 Å². The van der Waals surface area contributed by atoms with Crippen molar-refractivity contribution in [3.05, 3.63) is 45.3 Å². The van der Waals surface area contributed by atoms with E-state index >= 15 is 0 Å². The van der Waals surface area contributed by atoms with E-state index < -0.39 is 0 Å². The van der Waals surface area contributed by atoms with Crippen molar-refractivity contribution >= 4 is 42.9 Å². The van der Waals surface area contributed by atoms with Crippen LogP contribution >= 0.6 is 31.9 Å². The summed E-state index contributed by atoms with van der Waals surface area (Å²) in [6.07, 6.45) is 2.34. The SMILES string of the molecule is Oc1ccc(Br)cc1-c1nc2cc(Br)ccc2n1C1CC1. The Labute approximate surface area is 138 Å². The van der Waals surface area contributed by atoms with E-state index in [1.165, 1.54) is 12.8 Å². The van der Waals surface area contributed by atoms with E-state index in [1.54, 1.807) is 6.07 Å². The van der Waals surface area contributed by atoms with Gasteiger partial charge in [-0.05, 0) is 49.2 Å². The predicted molar refractivity (Wildman–Crippen MR) is 90.5 cm³/mol. The third-order valence-corrected chi connectivity index (χ3v) is 4.75. The molecule has 0 bridgehead atoms. The van der Waals surface area contributed by atoms with E-state index in [-0.39, 0.29) is 5.75 Å². The number of aromatic nitrogens is 2. The minimum atomic E-state index is 0.259. The Kier molecular flexibility index (Phi) is 3.08. The topological polar surface area (TPSA) is 38.1 Å². The number of aromatic hydroxyl groups is 1. The third kappa shape index (κ3) is 2.28. The molecule has 0 unspecified atom stereocenters. The zero-order valence-corrected chi connectivity index (χ0v) is 14.2. The van der Waals surface area contributed by atoms with Crippen LogP contribution in [0.4, 0.5) is 0 Å².